The Kier molecular flexibility index (Phi) is 5.22. The summed E-state index contributed by atoms with van der Waals surface area (Å²) < 4.78 is 10.6. The maximum atomic E-state index is 12.6. The second-order valence-corrected chi connectivity index (χ2v) is 6.65. The summed E-state index contributed by atoms with van der Waals surface area (Å²) in [6.07, 6.45) is 3.19. The Bertz CT molecular complexity index is 669. The van der Waals surface area contributed by atoms with E-state index in [1.165, 1.54) is 0 Å². The number of fused-ring (bicyclic) bond motifs is 1. The fraction of sp³-hybridized carbons (Fsp3) is 0.611. The first-order valence-corrected chi connectivity index (χ1v) is 8.74. The Balaban J connectivity index is 1.89. The number of carbonyl (C=O) groups excluding carboxylic acids is 2. The van der Waals surface area contributed by atoms with Crippen molar-refractivity contribution < 1.29 is 19.1 Å². The molecular weight excluding hydrogens is 322 g/mol. The van der Waals surface area contributed by atoms with E-state index in [0.717, 1.165) is 17.5 Å². The number of hydrogen-bond acceptors (Lipinski definition) is 6. The molecule has 7 nitrogen and oxygen atoms in total. The van der Waals surface area contributed by atoms with Crippen molar-refractivity contribution in [3.05, 3.63) is 22.9 Å². The van der Waals surface area contributed by atoms with Crippen LogP contribution in [0.3, 0.4) is 0 Å². The van der Waals surface area contributed by atoms with Crippen LogP contribution >= 0.6 is 0 Å². The van der Waals surface area contributed by atoms with Gasteiger partial charge in [0, 0.05) is 40.0 Å². The molecule has 3 rings (SSSR count). The first-order valence-electron chi connectivity index (χ1n) is 8.74. The van der Waals surface area contributed by atoms with E-state index in [9.17, 15) is 9.59 Å². The van der Waals surface area contributed by atoms with Gasteiger partial charge in [0.2, 0.25) is 5.91 Å². The van der Waals surface area contributed by atoms with E-state index >= 15 is 0 Å². The van der Waals surface area contributed by atoms with Crippen LogP contribution in [-0.4, -0.2) is 62.2 Å². The van der Waals surface area contributed by atoms with Crippen LogP contribution < -0.4 is 4.90 Å². The molecule has 1 atom stereocenters. The standard InChI is InChI=1S/C18H25N3O4/c1-4-25-18(23)15-14-5-7-21(17(22)12-6-8-24-11-12)10-13(14)9-19-16(15)20(2)3/h9,12H,4-8,10-11H2,1-3H3. The number of pyridine rings is 1. The lowest BCUT2D eigenvalue weighted by Crippen LogP contribution is -2.40. The lowest BCUT2D eigenvalue weighted by atomic mass is 9.95. The molecule has 0 N–H and O–H groups in total. The van der Waals surface area contributed by atoms with Gasteiger partial charge in [-0.05, 0) is 30.9 Å². The van der Waals surface area contributed by atoms with Crippen molar-refractivity contribution in [2.24, 2.45) is 5.92 Å². The first-order chi connectivity index (χ1) is 12.0. The molecule has 0 aliphatic carbocycles. The highest BCUT2D eigenvalue weighted by Crippen LogP contribution is 2.30. The van der Waals surface area contributed by atoms with E-state index < -0.39 is 0 Å². The zero-order chi connectivity index (χ0) is 18.0. The summed E-state index contributed by atoms with van der Waals surface area (Å²) in [6, 6.07) is 0. The van der Waals surface area contributed by atoms with Crippen molar-refractivity contribution >= 4 is 17.7 Å². The molecule has 7 heteroatoms. The van der Waals surface area contributed by atoms with Gasteiger partial charge in [0.05, 0.1) is 19.1 Å². The van der Waals surface area contributed by atoms with E-state index in [-0.39, 0.29) is 17.8 Å². The molecule has 3 heterocycles. The van der Waals surface area contributed by atoms with Gasteiger partial charge in [-0.3, -0.25) is 4.79 Å². The minimum atomic E-state index is -0.348. The van der Waals surface area contributed by atoms with E-state index in [0.29, 0.717) is 50.7 Å². The first kappa shape index (κ1) is 17.7. The third kappa shape index (κ3) is 3.46. The van der Waals surface area contributed by atoms with Crippen LogP contribution in [0.1, 0.15) is 34.8 Å². The van der Waals surface area contributed by atoms with Crippen LogP contribution in [0.2, 0.25) is 0 Å². The van der Waals surface area contributed by atoms with E-state index in [1.807, 2.05) is 23.9 Å². The van der Waals surface area contributed by atoms with Gasteiger partial charge in [-0.25, -0.2) is 9.78 Å². The van der Waals surface area contributed by atoms with Crippen LogP contribution in [0, 0.1) is 5.92 Å². The molecule has 0 aromatic carbocycles. The summed E-state index contributed by atoms with van der Waals surface area (Å²) in [7, 11) is 3.71. The highest BCUT2D eigenvalue weighted by Gasteiger charge is 2.32. The predicted molar refractivity (Wildman–Crippen MR) is 92.6 cm³/mol. The Morgan fingerprint density at radius 1 is 1.44 bits per heavy atom. The van der Waals surface area contributed by atoms with Gasteiger partial charge in [0.25, 0.3) is 0 Å². The monoisotopic (exact) mass is 347 g/mol. The van der Waals surface area contributed by atoms with Gasteiger partial charge in [-0.1, -0.05) is 0 Å². The maximum absolute atomic E-state index is 12.6. The molecule has 0 spiro atoms. The minimum absolute atomic E-state index is 0.0416. The van der Waals surface area contributed by atoms with Crippen LogP contribution in [0.15, 0.2) is 6.20 Å². The van der Waals surface area contributed by atoms with Crippen molar-refractivity contribution in [3.63, 3.8) is 0 Å². The summed E-state index contributed by atoms with van der Waals surface area (Å²) in [5.74, 6) is 0.360. The van der Waals surface area contributed by atoms with Gasteiger partial charge in [-0.2, -0.15) is 0 Å². The summed E-state index contributed by atoms with van der Waals surface area (Å²) in [6.45, 7) is 4.36. The lowest BCUT2D eigenvalue weighted by Gasteiger charge is -2.32. The summed E-state index contributed by atoms with van der Waals surface area (Å²) in [5, 5.41) is 0. The molecule has 1 amide bonds. The molecule has 0 radical (unpaired) electrons. The van der Waals surface area contributed by atoms with E-state index in [4.69, 9.17) is 9.47 Å². The van der Waals surface area contributed by atoms with Crippen molar-refractivity contribution in [3.8, 4) is 0 Å². The fourth-order valence-electron chi connectivity index (χ4n) is 3.46. The third-order valence-corrected chi connectivity index (χ3v) is 4.74. The van der Waals surface area contributed by atoms with E-state index in [1.54, 1.807) is 13.1 Å². The van der Waals surface area contributed by atoms with Crippen molar-refractivity contribution in [2.75, 3.05) is 45.4 Å². The number of amides is 1. The number of anilines is 1. The smallest absolute Gasteiger partial charge is 0.342 e. The number of nitrogens with zero attached hydrogens (tertiary/aromatic N) is 3. The molecule has 0 saturated carbocycles. The highest BCUT2D eigenvalue weighted by atomic mass is 16.5. The molecule has 2 aliphatic rings. The van der Waals surface area contributed by atoms with Gasteiger partial charge in [0.15, 0.2) is 0 Å². The Morgan fingerprint density at radius 3 is 2.88 bits per heavy atom. The highest BCUT2D eigenvalue weighted by molar-refractivity contribution is 5.97. The lowest BCUT2D eigenvalue weighted by molar-refractivity contribution is -0.136. The molecular formula is C18H25N3O4. The molecule has 1 unspecified atom stereocenters. The average molecular weight is 347 g/mol. The number of hydrogen-bond donors (Lipinski definition) is 0. The molecule has 0 bridgehead atoms. The van der Waals surface area contributed by atoms with Crippen molar-refractivity contribution in [1.29, 1.82) is 0 Å². The second-order valence-electron chi connectivity index (χ2n) is 6.65. The minimum Gasteiger partial charge on any atom is -0.462 e. The Hall–Kier alpha value is -2.15. The SMILES string of the molecule is CCOC(=O)c1c(N(C)C)ncc2c1CCN(C(=O)C1CCOC1)C2. The predicted octanol–water partition coefficient (Wildman–Crippen LogP) is 1.25. The molecule has 1 saturated heterocycles. The number of carbonyl (C=O) groups is 2. The Morgan fingerprint density at radius 2 is 2.24 bits per heavy atom. The number of aromatic nitrogens is 1. The van der Waals surface area contributed by atoms with Gasteiger partial charge in [0.1, 0.15) is 11.4 Å². The fourth-order valence-corrected chi connectivity index (χ4v) is 3.46. The molecule has 1 aromatic rings. The second kappa shape index (κ2) is 7.39. The number of esters is 1. The van der Waals surface area contributed by atoms with E-state index in [2.05, 4.69) is 4.98 Å². The third-order valence-electron chi connectivity index (χ3n) is 4.74. The number of rotatable bonds is 4. The Labute approximate surface area is 147 Å². The molecule has 1 fully saturated rings. The van der Waals surface area contributed by atoms with Crippen molar-refractivity contribution in [1.82, 2.24) is 9.88 Å². The quantitative estimate of drug-likeness (QED) is 0.763. The van der Waals surface area contributed by atoms with Crippen molar-refractivity contribution in [2.45, 2.75) is 26.3 Å². The summed E-state index contributed by atoms with van der Waals surface area (Å²) >= 11 is 0. The maximum Gasteiger partial charge on any atom is 0.342 e. The van der Waals surface area contributed by atoms with Crippen LogP contribution in [0.4, 0.5) is 5.82 Å². The molecule has 2 aliphatic heterocycles. The average Bonchev–Trinajstić information content (AvgIpc) is 3.14. The van der Waals surface area contributed by atoms with Crippen LogP contribution in [-0.2, 0) is 27.2 Å². The number of ether oxygens (including phenoxy) is 2. The molecule has 1 aromatic heterocycles. The molecule has 25 heavy (non-hydrogen) atoms. The van der Waals surface area contributed by atoms with Gasteiger partial charge < -0.3 is 19.3 Å². The zero-order valence-corrected chi connectivity index (χ0v) is 15.1. The summed E-state index contributed by atoms with van der Waals surface area (Å²) in [4.78, 5) is 33.2. The van der Waals surface area contributed by atoms with Crippen LogP contribution in [0.25, 0.3) is 0 Å². The topological polar surface area (TPSA) is 72.0 Å². The van der Waals surface area contributed by atoms with Gasteiger partial charge in [-0.15, -0.1) is 0 Å². The van der Waals surface area contributed by atoms with Crippen LogP contribution in [0.5, 0.6) is 0 Å². The zero-order valence-electron chi connectivity index (χ0n) is 15.1. The largest absolute Gasteiger partial charge is 0.462 e. The summed E-state index contributed by atoms with van der Waals surface area (Å²) in [5.41, 5.74) is 2.40. The molecule has 136 valence electrons. The normalized spacial score (nSPS) is 19.5. The van der Waals surface area contributed by atoms with Gasteiger partial charge >= 0.3 is 5.97 Å².